The van der Waals surface area contributed by atoms with E-state index in [1.165, 1.54) is 5.46 Å². The molecule has 0 saturated heterocycles. The van der Waals surface area contributed by atoms with E-state index in [-0.39, 0.29) is 5.56 Å². The number of fused-ring (bicyclic) bond motifs is 5. The molecule has 2 aromatic carbocycles. The van der Waals surface area contributed by atoms with E-state index < -0.39 is 0 Å². The van der Waals surface area contributed by atoms with E-state index in [0.717, 1.165) is 27.2 Å². The first kappa shape index (κ1) is 11.7. The highest BCUT2D eigenvalue weighted by Gasteiger charge is 2.17. The van der Waals surface area contributed by atoms with Gasteiger partial charge in [0.05, 0.1) is 11.0 Å². The van der Waals surface area contributed by atoms with Gasteiger partial charge in [0.1, 0.15) is 13.4 Å². The molecule has 3 heterocycles. The third-order valence-electron chi connectivity index (χ3n) is 4.30. The van der Waals surface area contributed by atoms with Crippen LogP contribution in [0.5, 0.6) is 0 Å². The van der Waals surface area contributed by atoms with Gasteiger partial charge in [0.2, 0.25) is 0 Å². The van der Waals surface area contributed by atoms with Crippen LogP contribution in [0.3, 0.4) is 0 Å². The lowest BCUT2D eigenvalue weighted by atomic mass is 9.94. The molecule has 0 amide bonds. The monoisotopic (exact) mass is 283 g/mol. The third-order valence-corrected chi connectivity index (χ3v) is 4.30. The maximum atomic E-state index is 12.9. The van der Waals surface area contributed by atoms with Gasteiger partial charge in [-0.2, -0.15) is 0 Å². The van der Waals surface area contributed by atoms with Crippen LogP contribution < -0.4 is 11.0 Å². The minimum atomic E-state index is -0.106. The van der Waals surface area contributed by atoms with Crippen LogP contribution in [-0.4, -0.2) is 22.2 Å². The van der Waals surface area contributed by atoms with Crippen molar-refractivity contribution in [1.82, 2.24) is 14.4 Å². The summed E-state index contributed by atoms with van der Waals surface area (Å²) in [5.74, 6) is 0. The zero-order valence-corrected chi connectivity index (χ0v) is 11.9. The van der Waals surface area contributed by atoms with Crippen molar-refractivity contribution in [1.29, 1.82) is 0 Å². The summed E-state index contributed by atoms with van der Waals surface area (Å²) in [5, 5.41) is 3.15. The molecule has 0 aliphatic carbocycles. The Kier molecular flexibility index (Phi) is 2.03. The van der Waals surface area contributed by atoms with Gasteiger partial charge in [-0.05, 0) is 6.07 Å². The van der Waals surface area contributed by atoms with Gasteiger partial charge in [-0.1, -0.05) is 35.8 Å². The van der Waals surface area contributed by atoms with Gasteiger partial charge in [-0.25, -0.2) is 4.98 Å². The van der Waals surface area contributed by atoms with Gasteiger partial charge < -0.3 is 0 Å². The Morgan fingerprint density at radius 2 is 1.68 bits per heavy atom. The highest BCUT2D eigenvalue weighted by Crippen LogP contribution is 2.32. The molecule has 0 aliphatic rings. The van der Waals surface area contributed by atoms with Crippen LogP contribution in [0.4, 0.5) is 0 Å². The van der Waals surface area contributed by atoms with Crippen LogP contribution in [0.15, 0.2) is 53.6 Å². The molecule has 5 rings (SSSR count). The first-order valence-electron chi connectivity index (χ1n) is 7.15. The normalized spacial score (nSPS) is 12.0. The molecule has 0 fully saturated rings. The van der Waals surface area contributed by atoms with Crippen molar-refractivity contribution >= 4 is 51.5 Å². The van der Waals surface area contributed by atoms with E-state index in [9.17, 15) is 4.79 Å². The van der Waals surface area contributed by atoms with E-state index in [4.69, 9.17) is 0 Å². The summed E-state index contributed by atoms with van der Waals surface area (Å²) in [6.07, 6.45) is 3.20. The van der Waals surface area contributed by atoms with E-state index in [1.807, 2.05) is 24.3 Å². The lowest BCUT2D eigenvalue weighted by Crippen LogP contribution is -2.14. The summed E-state index contributed by atoms with van der Waals surface area (Å²) in [6.45, 7) is 0. The second-order valence-corrected chi connectivity index (χ2v) is 5.62. The van der Waals surface area contributed by atoms with Crippen molar-refractivity contribution in [3.05, 3.63) is 59.1 Å². The number of hydrogen-bond donors (Lipinski definition) is 0. The molecule has 0 saturated carbocycles. The molecule has 5 aromatic rings. The second-order valence-electron chi connectivity index (χ2n) is 5.62. The second kappa shape index (κ2) is 3.82. The van der Waals surface area contributed by atoms with Crippen LogP contribution in [0.2, 0.25) is 0 Å². The molecular formula is C17H10BN3O. The molecule has 3 aromatic heterocycles. The molecule has 0 atom stereocenters. The average Bonchev–Trinajstić information content (AvgIpc) is 2.88. The summed E-state index contributed by atoms with van der Waals surface area (Å²) < 4.78 is 1.77. The topological polar surface area (TPSA) is 47.3 Å². The van der Waals surface area contributed by atoms with Crippen molar-refractivity contribution in [2.24, 2.45) is 0 Å². The van der Waals surface area contributed by atoms with Crippen LogP contribution >= 0.6 is 0 Å². The van der Waals surface area contributed by atoms with Gasteiger partial charge in [0.15, 0.2) is 5.52 Å². The molecule has 0 radical (unpaired) electrons. The number of rotatable bonds is 0. The van der Waals surface area contributed by atoms with Crippen molar-refractivity contribution in [3.63, 3.8) is 0 Å². The van der Waals surface area contributed by atoms with E-state index in [2.05, 4.69) is 29.9 Å². The van der Waals surface area contributed by atoms with Crippen LogP contribution in [0.1, 0.15) is 0 Å². The van der Waals surface area contributed by atoms with E-state index in [0.29, 0.717) is 11.0 Å². The fourth-order valence-corrected chi connectivity index (χ4v) is 3.38. The largest absolute Gasteiger partial charge is 0.283 e. The Morgan fingerprint density at radius 3 is 2.55 bits per heavy atom. The Bertz CT molecular complexity index is 1260. The first-order valence-corrected chi connectivity index (χ1v) is 7.15. The Hall–Kier alpha value is -2.95. The number of aromatic nitrogens is 3. The predicted molar refractivity (Wildman–Crippen MR) is 91.1 cm³/mol. The smallest absolute Gasteiger partial charge is 0.274 e. The molecule has 22 heavy (non-hydrogen) atoms. The number of para-hydroxylation sites is 1. The lowest BCUT2D eigenvalue weighted by Gasteiger charge is -2.04. The summed E-state index contributed by atoms with van der Waals surface area (Å²) >= 11 is 0. The molecular weight excluding hydrogens is 273 g/mol. The van der Waals surface area contributed by atoms with Crippen molar-refractivity contribution in [3.8, 4) is 0 Å². The average molecular weight is 283 g/mol. The standard InChI is InChI=1S/C17H10BN3O/c18-9-4-5-13-12(8-9)10-2-1-3-11-14-15(20-7-6-19-14)17(22)21(13)16(10)11/h1-8H,18H2. The maximum Gasteiger partial charge on any atom is 0.283 e. The maximum absolute atomic E-state index is 12.9. The summed E-state index contributed by atoms with van der Waals surface area (Å²) in [6, 6.07) is 12.2. The number of hydrogen-bond acceptors (Lipinski definition) is 3. The Balaban J connectivity index is 2.29. The van der Waals surface area contributed by atoms with Gasteiger partial charge in [0.25, 0.3) is 5.56 Å². The number of pyridine rings is 1. The van der Waals surface area contributed by atoms with Gasteiger partial charge in [0, 0.05) is 28.6 Å². The summed E-state index contributed by atoms with van der Waals surface area (Å²) in [7, 11) is 2.06. The van der Waals surface area contributed by atoms with E-state index >= 15 is 0 Å². The Labute approximate surface area is 125 Å². The van der Waals surface area contributed by atoms with Crippen molar-refractivity contribution in [2.75, 3.05) is 0 Å². The quantitative estimate of drug-likeness (QED) is 0.317. The number of nitrogens with zero attached hydrogens (tertiary/aromatic N) is 3. The third kappa shape index (κ3) is 1.26. The van der Waals surface area contributed by atoms with Crippen LogP contribution in [0.25, 0.3) is 38.2 Å². The fourth-order valence-electron chi connectivity index (χ4n) is 3.38. The molecule has 4 nitrogen and oxygen atoms in total. The van der Waals surface area contributed by atoms with Gasteiger partial charge in [-0.3, -0.25) is 14.2 Å². The SMILES string of the molecule is Bc1ccc2c(c1)c1cccc3c4nccnc4c(=O)n2c13. The highest BCUT2D eigenvalue weighted by atomic mass is 16.1. The van der Waals surface area contributed by atoms with E-state index in [1.54, 1.807) is 16.8 Å². The molecule has 102 valence electrons. The zero-order valence-electron chi connectivity index (χ0n) is 11.9. The van der Waals surface area contributed by atoms with Crippen LogP contribution in [-0.2, 0) is 0 Å². The molecule has 5 heteroatoms. The first-order chi connectivity index (χ1) is 10.8. The minimum absolute atomic E-state index is 0.106. The minimum Gasteiger partial charge on any atom is -0.274 e. The summed E-state index contributed by atoms with van der Waals surface area (Å²) in [5.41, 5.74) is 4.02. The molecule has 0 spiro atoms. The van der Waals surface area contributed by atoms with Crippen LogP contribution in [0, 0.1) is 0 Å². The molecule has 0 aliphatic heterocycles. The van der Waals surface area contributed by atoms with Crippen molar-refractivity contribution < 1.29 is 0 Å². The lowest BCUT2D eigenvalue weighted by molar-refractivity contribution is 1.17. The summed E-state index contributed by atoms with van der Waals surface area (Å²) in [4.78, 5) is 21.6. The predicted octanol–water partition coefficient (Wildman–Crippen LogP) is 1.25. The molecule has 0 N–H and O–H groups in total. The Morgan fingerprint density at radius 1 is 0.909 bits per heavy atom. The highest BCUT2D eigenvalue weighted by molar-refractivity contribution is 6.34. The van der Waals surface area contributed by atoms with Crippen molar-refractivity contribution in [2.45, 2.75) is 0 Å². The zero-order chi connectivity index (χ0) is 14.8. The molecule has 0 unspecified atom stereocenters. The van der Waals surface area contributed by atoms with Gasteiger partial charge in [-0.15, -0.1) is 0 Å². The fraction of sp³-hybridized carbons (Fsp3) is 0. The number of benzene rings is 2. The van der Waals surface area contributed by atoms with Gasteiger partial charge >= 0.3 is 0 Å². The molecule has 0 bridgehead atoms.